The summed E-state index contributed by atoms with van der Waals surface area (Å²) < 4.78 is 6.03. The van der Waals surface area contributed by atoms with E-state index in [0.717, 1.165) is 0 Å². The molecule has 2 aliphatic rings. The van der Waals surface area contributed by atoms with Crippen LogP contribution >= 0.6 is 0 Å². The van der Waals surface area contributed by atoms with Crippen molar-refractivity contribution >= 4 is 0 Å². The van der Waals surface area contributed by atoms with E-state index in [0.29, 0.717) is 11.7 Å². The van der Waals surface area contributed by atoms with Gasteiger partial charge in [-0.25, -0.2) is 0 Å². The van der Waals surface area contributed by atoms with Gasteiger partial charge in [-0.3, -0.25) is 0 Å². The van der Waals surface area contributed by atoms with Gasteiger partial charge in [-0.15, -0.1) is 0 Å². The molecule has 11 heavy (non-hydrogen) atoms. The zero-order chi connectivity index (χ0) is 7.73. The Kier molecular flexibility index (Phi) is 1.92. The topological polar surface area (TPSA) is 9.23 Å². The highest BCUT2D eigenvalue weighted by Crippen LogP contribution is 2.43. The summed E-state index contributed by atoms with van der Waals surface area (Å²) >= 11 is 0. The van der Waals surface area contributed by atoms with Crippen LogP contribution in [0.25, 0.3) is 0 Å². The molecule has 2 bridgehead atoms. The average Bonchev–Trinajstić information content (AvgIpc) is 2.28. The van der Waals surface area contributed by atoms with Gasteiger partial charge < -0.3 is 4.74 Å². The summed E-state index contributed by atoms with van der Waals surface area (Å²) in [7, 11) is 0. The molecule has 0 aromatic heterocycles. The first kappa shape index (κ1) is 7.60. The Labute approximate surface area is 69.1 Å². The van der Waals surface area contributed by atoms with Crippen molar-refractivity contribution in [3.05, 3.63) is 0 Å². The van der Waals surface area contributed by atoms with Crippen molar-refractivity contribution in [2.75, 3.05) is 0 Å². The van der Waals surface area contributed by atoms with Crippen molar-refractivity contribution in [1.82, 2.24) is 0 Å². The highest BCUT2D eigenvalue weighted by atomic mass is 16.5. The van der Waals surface area contributed by atoms with Gasteiger partial charge in [0, 0.05) is 0 Å². The van der Waals surface area contributed by atoms with Crippen molar-refractivity contribution in [2.24, 2.45) is 0 Å². The molecule has 64 valence electrons. The van der Waals surface area contributed by atoms with E-state index in [1.54, 1.807) is 0 Å². The fraction of sp³-hybridized carbons (Fsp3) is 1.00. The third-order valence-electron chi connectivity index (χ3n) is 3.20. The van der Waals surface area contributed by atoms with Crippen LogP contribution in [0.1, 0.15) is 51.9 Å². The summed E-state index contributed by atoms with van der Waals surface area (Å²) in [6.07, 6.45) is 9.95. The number of hydrogen-bond donors (Lipinski definition) is 0. The number of hydrogen-bond acceptors (Lipinski definition) is 1. The van der Waals surface area contributed by atoms with Gasteiger partial charge in [0.2, 0.25) is 0 Å². The molecule has 0 N–H and O–H groups in total. The minimum absolute atomic E-state index is 0.345. The number of ether oxygens (including phenoxy) is 1. The molecular formula is C10H18O. The van der Waals surface area contributed by atoms with Gasteiger partial charge >= 0.3 is 0 Å². The Bertz CT molecular complexity index is 134. The lowest BCUT2D eigenvalue weighted by Crippen LogP contribution is -2.32. The van der Waals surface area contributed by atoms with Gasteiger partial charge in [0.05, 0.1) is 11.7 Å². The fourth-order valence-corrected chi connectivity index (χ4v) is 2.70. The maximum absolute atomic E-state index is 6.03. The summed E-state index contributed by atoms with van der Waals surface area (Å²) in [5, 5.41) is 0. The highest BCUT2D eigenvalue weighted by molar-refractivity contribution is 4.92. The minimum atomic E-state index is 0.345. The summed E-state index contributed by atoms with van der Waals surface area (Å²) in [6.45, 7) is 2.26. The third kappa shape index (κ3) is 1.31. The van der Waals surface area contributed by atoms with E-state index in [9.17, 15) is 0 Å². The van der Waals surface area contributed by atoms with Crippen LogP contribution < -0.4 is 0 Å². The van der Waals surface area contributed by atoms with Gasteiger partial charge in [-0.2, -0.15) is 0 Å². The van der Waals surface area contributed by atoms with E-state index >= 15 is 0 Å². The van der Waals surface area contributed by atoms with Crippen LogP contribution in [0.15, 0.2) is 0 Å². The number of fused-ring (bicyclic) bond motifs is 2. The van der Waals surface area contributed by atoms with Crippen LogP contribution in [0.3, 0.4) is 0 Å². The van der Waals surface area contributed by atoms with Crippen molar-refractivity contribution < 1.29 is 4.74 Å². The van der Waals surface area contributed by atoms with E-state index in [-0.39, 0.29) is 0 Å². The minimum Gasteiger partial charge on any atom is -0.372 e. The average molecular weight is 154 g/mol. The molecule has 0 saturated carbocycles. The molecule has 2 heterocycles. The molecular weight excluding hydrogens is 136 g/mol. The SMILES string of the molecule is CCCC12CCCC(CC1)O2. The van der Waals surface area contributed by atoms with E-state index in [1.807, 2.05) is 0 Å². The standard InChI is InChI=1S/C10H18O/c1-2-6-10-7-3-4-9(11-10)5-8-10/h9H,2-8H2,1H3. The molecule has 1 heteroatoms. The van der Waals surface area contributed by atoms with Gasteiger partial charge in [0.25, 0.3) is 0 Å². The lowest BCUT2D eigenvalue weighted by molar-refractivity contribution is -0.0813. The van der Waals surface area contributed by atoms with Crippen LogP contribution in [0.2, 0.25) is 0 Å². The maximum Gasteiger partial charge on any atom is 0.0687 e. The van der Waals surface area contributed by atoms with Crippen molar-refractivity contribution in [3.8, 4) is 0 Å². The predicted molar refractivity (Wildman–Crippen MR) is 45.6 cm³/mol. The molecule has 2 unspecified atom stereocenters. The second-order valence-corrected chi connectivity index (χ2v) is 4.10. The molecule has 0 aromatic carbocycles. The van der Waals surface area contributed by atoms with E-state index in [1.165, 1.54) is 44.9 Å². The largest absolute Gasteiger partial charge is 0.372 e. The molecule has 0 spiro atoms. The van der Waals surface area contributed by atoms with Gasteiger partial charge in [-0.05, 0) is 38.5 Å². The van der Waals surface area contributed by atoms with Gasteiger partial charge in [0.1, 0.15) is 0 Å². The van der Waals surface area contributed by atoms with E-state index in [2.05, 4.69) is 6.92 Å². The summed E-state index contributed by atoms with van der Waals surface area (Å²) in [6, 6.07) is 0. The quantitative estimate of drug-likeness (QED) is 0.594. The number of rotatable bonds is 2. The first-order valence-corrected chi connectivity index (χ1v) is 5.02. The molecule has 2 saturated heterocycles. The normalized spacial score (nSPS) is 42.8. The molecule has 2 aliphatic heterocycles. The van der Waals surface area contributed by atoms with Crippen molar-refractivity contribution in [3.63, 3.8) is 0 Å². The van der Waals surface area contributed by atoms with Crippen LogP contribution in [0.5, 0.6) is 0 Å². The van der Waals surface area contributed by atoms with E-state index in [4.69, 9.17) is 4.74 Å². The Balaban J connectivity index is 2.01. The predicted octanol–water partition coefficient (Wildman–Crippen LogP) is 2.89. The summed E-state index contributed by atoms with van der Waals surface area (Å²) in [5.41, 5.74) is 0.345. The Hall–Kier alpha value is -0.0400. The summed E-state index contributed by atoms with van der Waals surface area (Å²) in [5.74, 6) is 0. The lowest BCUT2D eigenvalue weighted by Gasteiger charge is -2.33. The second kappa shape index (κ2) is 2.78. The smallest absolute Gasteiger partial charge is 0.0687 e. The zero-order valence-corrected chi connectivity index (χ0v) is 7.44. The third-order valence-corrected chi connectivity index (χ3v) is 3.20. The maximum atomic E-state index is 6.03. The molecule has 2 fully saturated rings. The molecule has 0 radical (unpaired) electrons. The zero-order valence-electron chi connectivity index (χ0n) is 7.44. The van der Waals surface area contributed by atoms with Gasteiger partial charge in [0.15, 0.2) is 0 Å². The monoisotopic (exact) mass is 154 g/mol. The molecule has 2 atom stereocenters. The fourth-order valence-electron chi connectivity index (χ4n) is 2.70. The molecule has 2 rings (SSSR count). The summed E-state index contributed by atoms with van der Waals surface area (Å²) in [4.78, 5) is 0. The van der Waals surface area contributed by atoms with Crippen molar-refractivity contribution in [1.29, 1.82) is 0 Å². The van der Waals surface area contributed by atoms with Crippen molar-refractivity contribution in [2.45, 2.75) is 63.6 Å². The van der Waals surface area contributed by atoms with Crippen LogP contribution in [-0.4, -0.2) is 11.7 Å². The van der Waals surface area contributed by atoms with Crippen LogP contribution in [0, 0.1) is 0 Å². The Morgan fingerprint density at radius 3 is 3.09 bits per heavy atom. The Morgan fingerprint density at radius 2 is 2.27 bits per heavy atom. The highest BCUT2D eigenvalue weighted by Gasteiger charge is 2.41. The van der Waals surface area contributed by atoms with Gasteiger partial charge in [-0.1, -0.05) is 13.3 Å². The first-order chi connectivity index (χ1) is 5.35. The first-order valence-electron chi connectivity index (χ1n) is 5.02. The Morgan fingerprint density at radius 1 is 1.36 bits per heavy atom. The lowest BCUT2D eigenvalue weighted by atomic mass is 9.90. The molecule has 0 amide bonds. The molecule has 0 aliphatic carbocycles. The second-order valence-electron chi connectivity index (χ2n) is 4.10. The van der Waals surface area contributed by atoms with Crippen LogP contribution in [0.4, 0.5) is 0 Å². The molecule has 1 nitrogen and oxygen atoms in total. The van der Waals surface area contributed by atoms with Crippen LogP contribution in [-0.2, 0) is 4.74 Å². The molecule has 0 aromatic rings. The van der Waals surface area contributed by atoms with E-state index < -0.39 is 0 Å².